The van der Waals surface area contributed by atoms with Gasteiger partial charge >= 0.3 is 0 Å². The van der Waals surface area contributed by atoms with E-state index in [1.807, 2.05) is 6.07 Å². The molecular formula is C14H11BrClF2NS. The van der Waals surface area contributed by atoms with Crippen molar-refractivity contribution in [3.8, 4) is 0 Å². The lowest BCUT2D eigenvalue weighted by atomic mass is 9.94. The summed E-state index contributed by atoms with van der Waals surface area (Å²) in [6.07, 6.45) is 2.95. The molecule has 0 fully saturated rings. The van der Waals surface area contributed by atoms with E-state index < -0.39 is 11.6 Å². The van der Waals surface area contributed by atoms with E-state index in [9.17, 15) is 8.78 Å². The molecule has 0 spiro atoms. The SMILES string of the molecule is Fc1cc(F)c(NC2CCCc3sc(Cl)cc32)c(Br)c1. The van der Waals surface area contributed by atoms with E-state index in [0.717, 1.165) is 35.2 Å². The third-order valence-corrected chi connectivity index (χ3v) is 5.37. The Bertz CT molecular complexity index is 636. The van der Waals surface area contributed by atoms with Gasteiger partial charge in [-0.3, -0.25) is 0 Å². The standard InChI is InChI=1S/C14H11BrClF2NS/c15-9-4-7(17)5-10(18)14(9)19-11-2-1-3-12-8(11)6-13(16)20-12/h4-6,11,19H,1-3H2. The van der Waals surface area contributed by atoms with Gasteiger partial charge in [0.2, 0.25) is 0 Å². The lowest BCUT2D eigenvalue weighted by Gasteiger charge is -2.25. The first-order chi connectivity index (χ1) is 9.54. The molecule has 0 aliphatic heterocycles. The molecule has 1 aromatic carbocycles. The summed E-state index contributed by atoms with van der Waals surface area (Å²) in [6, 6.07) is 4.10. The Kier molecular flexibility index (Phi) is 4.02. The molecule has 0 saturated carbocycles. The predicted octanol–water partition coefficient (Wildman–Crippen LogP) is 5.93. The molecule has 1 atom stereocenters. The fourth-order valence-electron chi connectivity index (χ4n) is 2.53. The van der Waals surface area contributed by atoms with Crippen molar-refractivity contribution < 1.29 is 8.78 Å². The summed E-state index contributed by atoms with van der Waals surface area (Å²) < 4.78 is 28.2. The third-order valence-electron chi connectivity index (χ3n) is 3.41. The van der Waals surface area contributed by atoms with Crippen LogP contribution in [0.2, 0.25) is 4.34 Å². The zero-order chi connectivity index (χ0) is 14.3. The maximum Gasteiger partial charge on any atom is 0.150 e. The van der Waals surface area contributed by atoms with Gasteiger partial charge in [-0.1, -0.05) is 11.6 Å². The fourth-order valence-corrected chi connectivity index (χ4v) is 4.43. The van der Waals surface area contributed by atoms with Gasteiger partial charge in [0, 0.05) is 15.4 Å². The lowest BCUT2D eigenvalue weighted by Crippen LogP contribution is -2.16. The van der Waals surface area contributed by atoms with Crippen molar-refractivity contribution in [2.24, 2.45) is 0 Å². The normalized spacial score (nSPS) is 17.9. The number of benzene rings is 1. The summed E-state index contributed by atoms with van der Waals surface area (Å²) in [6.45, 7) is 0. The highest BCUT2D eigenvalue weighted by Gasteiger charge is 2.24. The Morgan fingerprint density at radius 1 is 1.30 bits per heavy atom. The Hall–Kier alpha value is -0.650. The van der Waals surface area contributed by atoms with Crippen molar-refractivity contribution in [3.63, 3.8) is 0 Å². The first-order valence-corrected chi connectivity index (χ1v) is 8.22. The predicted molar refractivity (Wildman–Crippen MR) is 82.7 cm³/mol. The smallest absolute Gasteiger partial charge is 0.150 e. The number of hydrogen-bond donors (Lipinski definition) is 1. The van der Waals surface area contributed by atoms with Gasteiger partial charge in [-0.15, -0.1) is 11.3 Å². The second kappa shape index (κ2) is 5.62. The number of nitrogens with one attached hydrogen (secondary N) is 1. The molecule has 1 aromatic heterocycles. The van der Waals surface area contributed by atoms with Crippen LogP contribution in [0.4, 0.5) is 14.5 Å². The second-order valence-electron chi connectivity index (χ2n) is 4.76. The molecule has 1 N–H and O–H groups in total. The number of rotatable bonds is 2. The maximum atomic E-state index is 13.9. The van der Waals surface area contributed by atoms with Crippen LogP contribution >= 0.6 is 38.9 Å². The number of thiophene rings is 1. The molecule has 6 heteroatoms. The number of fused-ring (bicyclic) bond motifs is 1. The number of halogens is 4. The molecule has 106 valence electrons. The van der Waals surface area contributed by atoms with Crippen LogP contribution in [-0.2, 0) is 6.42 Å². The second-order valence-corrected chi connectivity index (χ2v) is 7.39. The number of hydrogen-bond acceptors (Lipinski definition) is 2. The van der Waals surface area contributed by atoms with Gasteiger partial charge in [-0.2, -0.15) is 0 Å². The maximum absolute atomic E-state index is 13.9. The fraction of sp³-hybridized carbons (Fsp3) is 0.286. The van der Waals surface area contributed by atoms with Gasteiger partial charge in [0.1, 0.15) is 11.6 Å². The molecule has 1 heterocycles. The van der Waals surface area contributed by atoms with Gasteiger partial charge in [-0.05, 0) is 52.9 Å². The highest BCUT2D eigenvalue weighted by Crippen LogP contribution is 2.40. The average molecular weight is 379 g/mol. The summed E-state index contributed by atoms with van der Waals surface area (Å²) in [5.41, 5.74) is 1.42. The van der Waals surface area contributed by atoms with Gasteiger partial charge in [0.05, 0.1) is 16.1 Å². The van der Waals surface area contributed by atoms with Crippen LogP contribution in [-0.4, -0.2) is 0 Å². The van der Waals surface area contributed by atoms with Crippen LogP contribution in [0.3, 0.4) is 0 Å². The van der Waals surface area contributed by atoms with Crippen molar-refractivity contribution in [1.29, 1.82) is 0 Å². The topological polar surface area (TPSA) is 12.0 Å². The summed E-state index contributed by atoms with van der Waals surface area (Å²) >= 11 is 10.8. The average Bonchev–Trinajstić information content (AvgIpc) is 2.74. The third kappa shape index (κ3) is 2.71. The molecule has 1 aliphatic rings. The van der Waals surface area contributed by atoms with Crippen LogP contribution in [0.1, 0.15) is 29.3 Å². The monoisotopic (exact) mass is 377 g/mol. The minimum absolute atomic E-state index is 0.0127. The molecule has 0 saturated heterocycles. The van der Waals surface area contributed by atoms with Crippen molar-refractivity contribution in [1.82, 2.24) is 0 Å². The molecule has 2 aromatic rings. The Balaban J connectivity index is 1.93. The Morgan fingerprint density at radius 2 is 2.10 bits per heavy atom. The van der Waals surface area contributed by atoms with Gasteiger partial charge in [-0.25, -0.2) is 8.78 Å². The van der Waals surface area contributed by atoms with Gasteiger partial charge < -0.3 is 5.32 Å². The van der Waals surface area contributed by atoms with Crippen LogP contribution in [0.15, 0.2) is 22.7 Å². The lowest BCUT2D eigenvalue weighted by molar-refractivity contribution is 0.572. The molecule has 0 bridgehead atoms. The van der Waals surface area contributed by atoms with Crippen molar-refractivity contribution in [2.45, 2.75) is 25.3 Å². The van der Waals surface area contributed by atoms with Gasteiger partial charge in [0.15, 0.2) is 0 Å². The Morgan fingerprint density at radius 3 is 2.85 bits per heavy atom. The molecule has 1 unspecified atom stereocenters. The minimum atomic E-state index is -0.595. The molecule has 1 nitrogen and oxygen atoms in total. The molecular weight excluding hydrogens is 368 g/mol. The van der Waals surface area contributed by atoms with E-state index >= 15 is 0 Å². The summed E-state index contributed by atoms with van der Waals surface area (Å²) in [5.74, 6) is -1.19. The van der Waals surface area contributed by atoms with Gasteiger partial charge in [0.25, 0.3) is 0 Å². The molecule has 0 amide bonds. The van der Waals surface area contributed by atoms with E-state index in [1.54, 1.807) is 11.3 Å². The summed E-state index contributed by atoms with van der Waals surface area (Å²) in [5, 5.41) is 3.17. The quantitative estimate of drug-likeness (QED) is 0.683. The molecule has 0 radical (unpaired) electrons. The van der Waals surface area contributed by atoms with Crippen molar-refractivity contribution in [3.05, 3.63) is 49.1 Å². The zero-order valence-electron chi connectivity index (χ0n) is 10.4. The molecule has 20 heavy (non-hydrogen) atoms. The van der Waals surface area contributed by atoms with E-state index in [0.29, 0.717) is 10.2 Å². The molecule has 3 rings (SSSR count). The van der Waals surface area contributed by atoms with Crippen LogP contribution in [0.25, 0.3) is 0 Å². The largest absolute Gasteiger partial charge is 0.375 e. The van der Waals surface area contributed by atoms with Crippen LogP contribution < -0.4 is 5.32 Å². The first-order valence-electron chi connectivity index (χ1n) is 6.24. The van der Waals surface area contributed by atoms with Crippen LogP contribution in [0, 0.1) is 11.6 Å². The number of aryl methyl sites for hydroxylation is 1. The van der Waals surface area contributed by atoms with Crippen molar-refractivity contribution >= 4 is 44.6 Å². The van der Waals surface area contributed by atoms with E-state index in [4.69, 9.17) is 11.6 Å². The van der Waals surface area contributed by atoms with Crippen molar-refractivity contribution in [2.75, 3.05) is 5.32 Å². The van der Waals surface area contributed by atoms with E-state index in [-0.39, 0.29) is 6.04 Å². The zero-order valence-corrected chi connectivity index (χ0v) is 13.5. The Labute approximate surface area is 133 Å². The van der Waals surface area contributed by atoms with Crippen LogP contribution in [0.5, 0.6) is 0 Å². The van der Waals surface area contributed by atoms with E-state index in [1.165, 1.54) is 10.9 Å². The highest BCUT2D eigenvalue weighted by molar-refractivity contribution is 9.10. The molecule has 1 aliphatic carbocycles. The van der Waals surface area contributed by atoms with E-state index in [2.05, 4.69) is 21.2 Å². The summed E-state index contributed by atoms with van der Waals surface area (Å²) in [4.78, 5) is 1.25. The number of anilines is 1. The highest BCUT2D eigenvalue weighted by atomic mass is 79.9. The first kappa shape index (κ1) is 14.3. The summed E-state index contributed by atoms with van der Waals surface area (Å²) in [7, 11) is 0. The minimum Gasteiger partial charge on any atom is -0.375 e.